The molecule has 0 amide bonds. The lowest BCUT2D eigenvalue weighted by atomic mass is 9.99. The number of aliphatic hydroxyl groups is 1. The van der Waals surface area contributed by atoms with Crippen molar-refractivity contribution in [3.63, 3.8) is 0 Å². The maximum absolute atomic E-state index is 9.51. The minimum Gasteiger partial charge on any atom is -0.414 e. The first-order chi connectivity index (χ1) is 9.65. The Morgan fingerprint density at radius 1 is 1.00 bits per heavy atom. The molecular formula is C18H40O2Si. The topological polar surface area (TPSA) is 29.5 Å². The van der Waals surface area contributed by atoms with Crippen LogP contribution in [0.2, 0.25) is 18.1 Å². The maximum atomic E-state index is 9.51. The Hall–Kier alpha value is 0.137. The van der Waals surface area contributed by atoms with Gasteiger partial charge in [0.05, 0.1) is 0 Å². The Labute approximate surface area is 134 Å². The average molecular weight is 317 g/mol. The Morgan fingerprint density at radius 2 is 1.52 bits per heavy atom. The fraction of sp³-hybridized carbons (Fsp3) is 1.00. The number of unbranched alkanes of at least 4 members (excludes halogenated alkanes) is 5. The monoisotopic (exact) mass is 316 g/mol. The predicted octanol–water partition coefficient (Wildman–Crippen LogP) is 5.76. The zero-order valence-electron chi connectivity index (χ0n) is 15.7. The van der Waals surface area contributed by atoms with Crippen LogP contribution in [0, 0.1) is 5.92 Å². The third-order valence-corrected chi connectivity index (χ3v) is 9.52. The summed E-state index contributed by atoms with van der Waals surface area (Å²) in [5.74, 6) is 0.245. The van der Waals surface area contributed by atoms with Crippen LogP contribution in [0.4, 0.5) is 0 Å². The molecular weight excluding hydrogens is 276 g/mol. The van der Waals surface area contributed by atoms with Crippen molar-refractivity contribution >= 4 is 8.32 Å². The van der Waals surface area contributed by atoms with E-state index in [1.54, 1.807) is 0 Å². The highest BCUT2D eigenvalue weighted by atomic mass is 28.4. The second-order valence-electron chi connectivity index (χ2n) is 8.13. The van der Waals surface area contributed by atoms with Gasteiger partial charge < -0.3 is 9.53 Å². The van der Waals surface area contributed by atoms with E-state index in [9.17, 15) is 5.11 Å². The summed E-state index contributed by atoms with van der Waals surface area (Å²) in [6, 6.07) is 0. The molecule has 0 aromatic carbocycles. The van der Waals surface area contributed by atoms with Crippen LogP contribution in [0.15, 0.2) is 0 Å². The summed E-state index contributed by atoms with van der Waals surface area (Å²) in [5.41, 5.74) is 0. The van der Waals surface area contributed by atoms with Crippen molar-refractivity contribution < 1.29 is 9.53 Å². The molecule has 0 aromatic rings. The third kappa shape index (κ3) is 8.37. The van der Waals surface area contributed by atoms with Crippen LogP contribution in [0.25, 0.3) is 0 Å². The van der Waals surface area contributed by atoms with Crippen molar-refractivity contribution in [1.29, 1.82) is 0 Å². The van der Waals surface area contributed by atoms with E-state index >= 15 is 0 Å². The van der Waals surface area contributed by atoms with Gasteiger partial charge in [-0.25, -0.2) is 0 Å². The minimum absolute atomic E-state index is 0.224. The highest BCUT2D eigenvalue weighted by molar-refractivity contribution is 6.74. The lowest BCUT2D eigenvalue weighted by Gasteiger charge is -2.40. The molecule has 0 saturated carbocycles. The summed E-state index contributed by atoms with van der Waals surface area (Å²) in [7, 11) is -1.74. The molecule has 3 heteroatoms. The molecule has 0 fully saturated rings. The van der Waals surface area contributed by atoms with Crippen molar-refractivity contribution in [2.45, 2.75) is 104 Å². The molecule has 21 heavy (non-hydrogen) atoms. The molecule has 0 aromatic heterocycles. The third-order valence-electron chi connectivity index (χ3n) is 5.02. The molecule has 2 nitrogen and oxygen atoms in total. The Bertz CT molecular complexity index is 258. The average Bonchev–Trinajstić information content (AvgIpc) is 2.39. The van der Waals surface area contributed by atoms with E-state index in [2.05, 4.69) is 47.7 Å². The van der Waals surface area contributed by atoms with Crippen LogP contribution in [0.1, 0.15) is 79.6 Å². The van der Waals surface area contributed by atoms with Gasteiger partial charge in [0.1, 0.15) is 0 Å². The smallest absolute Gasteiger partial charge is 0.192 e. The number of aliphatic hydroxyl groups excluding tert-OH is 1. The SMILES string of the molecule is CCCCCCCC[C@@H](O[Si](C)(C)C(C)(C)C)[C@@H](C)CO. The molecule has 0 heterocycles. The van der Waals surface area contributed by atoms with Gasteiger partial charge in [-0.3, -0.25) is 0 Å². The molecule has 1 N–H and O–H groups in total. The molecule has 0 bridgehead atoms. The second-order valence-corrected chi connectivity index (χ2v) is 12.9. The fourth-order valence-corrected chi connectivity index (χ4v) is 3.72. The molecule has 0 aliphatic rings. The summed E-state index contributed by atoms with van der Waals surface area (Å²) >= 11 is 0. The lowest BCUT2D eigenvalue weighted by Crippen LogP contribution is -2.46. The van der Waals surface area contributed by atoms with Gasteiger partial charge in [0.15, 0.2) is 8.32 Å². The molecule has 0 saturated heterocycles. The lowest BCUT2D eigenvalue weighted by molar-refractivity contribution is 0.0765. The summed E-state index contributed by atoms with van der Waals surface area (Å²) in [6.45, 7) is 16.1. The van der Waals surface area contributed by atoms with E-state index in [-0.39, 0.29) is 23.7 Å². The number of rotatable bonds is 11. The molecule has 0 spiro atoms. The van der Waals surface area contributed by atoms with Crippen molar-refractivity contribution in [2.75, 3.05) is 6.61 Å². The highest BCUT2D eigenvalue weighted by Gasteiger charge is 2.39. The van der Waals surface area contributed by atoms with Crippen LogP contribution >= 0.6 is 0 Å². The van der Waals surface area contributed by atoms with Crippen LogP contribution in [0.3, 0.4) is 0 Å². The first kappa shape index (κ1) is 21.1. The molecule has 0 aliphatic heterocycles. The van der Waals surface area contributed by atoms with Crippen molar-refractivity contribution in [1.82, 2.24) is 0 Å². The van der Waals surface area contributed by atoms with Gasteiger partial charge in [-0.15, -0.1) is 0 Å². The zero-order chi connectivity index (χ0) is 16.5. The first-order valence-electron chi connectivity index (χ1n) is 8.94. The van der Waals surface area contributed by atoms with E-state index in [0.29, 0.717) is 0 Å². The Morgan fingerprint density at radius 3 is 2.00 bits per heavy atom. The minimum atomic E-state index is -1.74. The number of hydrogen-bond acceptors (Lipinski definition) is 2. The molecule has 0 radical (unpaired) electrons. The van der Waals surface area contributed by atoms with Crippen LogP contribution in [-0.2, 0) is 4.43 Å². The maximum Gasteiger partial charge on any atom is 0.192 e. The second kappa shape index (κ2) is 10.0. The van der Waals surface area contributed by atoms with Gasteiger partial charge in [-0.05, 0) is 24.6 Å². The summed E-state index contributed by atoms with van der Waals surface area (Å²) in [4.78, 5) is 0. The van der Waals surface area contributed by atoms with Crippen molar-refractivity contribution in [3.05, 3.63) is 0 Å². The summed E-state index contributed by atoms with van der Waals surface area (Å²) < 4.78 is 6.56. The Balaban J connectivity index is 4.34. The van der Waals surface area contributed by atoms with Crippen LogP contribution in [0.5, 0.6) is 0 Å². The summed E-state index contributed by atoms with van der Waals surface area (Å²) in [5, 5.41) is 9.75. The normalized spacial score (nSPS) is 16.0. The van der Waals surface area contributed by atoms with E-state index in [1.807, 2.05) is 0 Å². The first-order valence-corrected chi connectivity index (χ1v) is 11.8. The highest BCUT2D eigenvalue weighted by Crippen LogP contribution is 2.38. The Kier molecular flexibility index (Phi) is 10.1. The van der Waals surface area contributed by atoms with Gasteiger partial charge in [0, 0.05) is 18.6 Å². The van der Waals surface area contributed by atoms with Gasteiger partial charge in [-0.2, -0.15) is 0 Å². The summed E-state index contributed by atoms with van der Waals surface area (Å²) in [6.07, 6.45) is 9.22. The molecule has 0 aliphatic carbocycles. The van der Waals surface area contributed by atoms with Gasteiger partial charge in [0.2, 0.25) is 0 Å². The number of hydrogen-bond donors (Lipinski definition) is 1. The van der Waals surface area contributed by atoms with Gasteiger partial charge in [-0.1, -0.05) is 73.1 Å². The van der Waals surface area contributed by atoms with Gasteiger partial charge in [0.25, 0.3) is 0 Å². The van der Waals surface area contributed by atoms with E-state index in [1.165, 1.54) is 38.5 Å². The van der Waals surface area contributed by atoms with E-state index in [4.69, 9.17) is 4.43 Å². The van der Waals surface area contributed by atoms with Crippen LogP contribution < -0.4 is 0 Å². The quantitative estimate of drug-likeness (QED) is 0.388. The van der Waals surface area contributed by atoms with E-state index < -0.39 is 8.32 Å². The van der Waals surface area contributed by atoms with E-state index in [0.717, 1.165) is 6.42 Å². The predicted molar refractivity (Wildman–Crippen MR) is 96.3 cm³/mol. The standard InChI is InChI=1S/C18H40O2Si/c1-8-9-10-11-12-13-14-17(16(2)15-19)20-21(6,7)18(3,4)5/h16-17,19H,8-15H2,1-7H3/t16-,17+/m0/s1. The molecule has 128 valence electrons. The van der Waals surface area contributed by atoms with Crippen LogP contribution in [-0.4, -0.2) is 26.1 Å². The molecule has 2 atom stereocenters. The zero-order valence-corrected chi connectivity index (χ0v) is 16.7. The van der Waals surface area contributed by atoms with Crippen molar-refractivity contribution in [2.24, 2.45) is 5.92 Å². The largest absolute Gasteiger partial charge is 0.414 e. The van der Waals surface area contributed by atoms with Gasteiger partial charge >= 0.3 is 0 Å². The fourth-order valence-electron chi connectivity index (χ4n) is 2.26. The van der Waals surface area contributed by atoms with Crippen molar-refractivity contribution in [3.8, 4) is 0 Å². The molecule has 0 unspecified atom stereocenters. The molecule has 0 rings (SSSR count).